The van der Waals surface area contributed by atoms with Crippen LogP contribution in [0.5, 0.6) is 0 Å². The zero-order chi connectivity index (χ0) is 18.8. The third-order valence-corrected chi connectivity index (χ3v) is 4.49. The lowest BCUT2D eigenvalue weighted by Gasteiger charge is -2.24. The fourth-order valence-corrected chi connectivity index (χ4v) is 2.40. The first-order valence-electron chi connectivity index (χ1n) is 6.62. The molecule has 0 saturated heterocycles. The second-order valence-corrected chi connectivity index (χ2v) is 6.48. The number of carbonyl (C=O) groups excluding carboxylic acids is 1. The molecule has 0 radical (unpaired) electrons. The molecule has 0 fully saturated rings. The van der Waals surface area contributed by atoms with E-state index in [1.165, 1.54) is 36.4 Å². The quantitative estimate of drug-likeness (QED) is 0.580. The van der Waals surface area contributed by atoms with Gasteiger partial charge in [0.2, 0.25) is 0 Å². The minimum absolute atomic E-state index is 0.0335. The lowest BCUT2D eigenvalue weighted by atomic mass is 10.2. The van der Waals surface area contributed by atoms with E-state index < -0.39 is 18.2 Å². The van der Waals surface area contributed by atoms with Gasteiger partial charge in [0, 0.05) is 11.3 Å². The highest BCUT2D eigenvalue weighted by molar-refractivity contribution is 6.42. The predicted octanol–water partition coefficient (Wildman–Crippen LogP) is 6.03. The number of benzene rings is 2. The van der Waals surface area contributed by atoms with E-state index in [1.807, 2.05) is 5.32 Å². The third-order valence-electron chi connectivity index (χ3n) is 3.02. The Kier molecular flexibility index (Phi) is 6.32. The van der Waals surface area contributed by atoms with Gasteiger partial charge in [-0.1, -0.05) is 46.4 Å². The van der Waals surface area contributed by atoms with Crippen LogP contribution in [0, 0.1) is 0 Å². The molecule has 0 aliphatic heterocycles. The maximum atomic E-state index is 13.2. The van der Waals surface area contributed by atoms with E-state index in [0.29, 0.717) is 0 Å². The van der Waals surface area contributed by atoms with Gasteiger partial charge < -0.3 is 10.6 Å². The molecular formula is C15H9Cl4F3N2O. The van der Waals surface area contributed by atoms with E-state index in [2.05, 4.69) is 5.32 Å². The zero-order valence-electron chi connectivity index (χ0n) is 12.1. The molecule has 2 N–H and O–H groups in total. The molecule has 2 aromatic rings. The van der Waals surface area contributed by atoms with Crippen LogP contribution < -0.4 is 10.6 Å². The van der Waals surface area contributed by atoms with Crippen molar-refractivity contribution in [3.8, 4) is 0 Å². The summed E-state index contributed by atoms with van der Waals surface area (Å²) in [6.45, 7) is 0. The molecule has 0 aliphatic carbocycles. The number of halogens is 7. The molecule has 1 amide bonds. The molecule has 0 aliphatic rings. The fraction of sp³-hybridized carbons (Fsp3) is 0.133. The van der Waals surface area contributed by atoms with Gasteiger partial charge in [-0.25, -0.2) is 0 Å². The summed E-state index contributed by atoms with van der Waals surface area (Å²) in [5.41, 5.74) is -0.0363. The smallest absolute Gasteiger partial charge is 0.358 e. The van der Waals surface area contributed by atoms with E-state index in [4.69, 9.17) is 46.4 Å². The molecule has 0 spiro atoms. The Morgan fingerprint density at radius 2 is 1.44 bits per heavy atom. The third kappa shape index (κ3) is 5.31. The van der Waals surface area contributed by atoms with Gasteiger partial charge in [-0.2, -0.15) is 13.2 Å². The average Bonchev–Trinajstić information content (AvgIpc) is 2.52. The van der Waals surface area contributed by atoms with Crippen molar-refractivity contribution in [1.82, 2.24) is 5.32 Å². The second-order valence-electron chi connectivity index (χ2n) is 4.85. The summed E-state index contributed by atoms with van der Waals surface area (Å²) in [7, 11) is 0. The largest absolute Gasteiger partial charge is 0.427 e. The molecular weight excluding hydrogens is 423 g/mol. The summed E-state index contributed by atoms with van der Waals surface area (Å²) in [6.07, 6.45) is -7.12. The van der Waals surface area contributed by atoms with Crippen molar-refractivity contribution >= 4 is 58.0 Å². The van der Waals surface area contributed by atoms with Crippen molar-refractivity contribution in [2.24, 2.45) is 0 Å². The lowest BCUT2D eigenvalue weighted by Crippen LogP contribution is -2.50. The Morgan fingerprint density at radius 1 is 0.880 bits per heavy atom. The average molecular weight is 432 g/mol. The van der Waals surface area contributed by atoms with Crippen molar-refractivity contribution in [2.45, 2.75) is 12.3 Å². The first kappa shape index (κ1) is 20.0. The van der Waals surface area contributed by atoms with Gasteiger partial charge in [0.25, 0.3) is 5.91 Å². The minimum atomic E-state index is -4.77. The molecule has 134 valence electrons. The van der Waals surface area contributed by atoms with Gasteiger partial charge in [0.05, 0.1) is 20.1 Å². The zero-order valence-corrected chi connectivity index (χ0v) is 15.1. The summed E-state index contributed by atoms with van der Waals surface area (Å²) >= 11 is 23.0. The fourth-order valence-electron chi connectivity index (χ4n) is 1.80. The van der Waals surface area contributed by atoms with Crippen LogP contribution >= 0.6 is 46.4 Å². The van der Waals surface area contributed by atoms with E-state index >= 15 is 0 Å². The van der Waals surface area contributed by atoms with Crippen LogP contribution in [0.2, 0.25) is 20.1 Å². The van der Waals surface area contributed by atoms with Crippen molar-refractivity contribution in [2.75, 3.05) is 5.32 Å². The first-order valence-corrected chi connectivity index (χ1v) is 8.13. The molecule has 2 rings (SSSR count). The summed E-state index contributed by atoms with van der Waals surface area (Å²) in [6, 6.07) is 7.60. The molecule has 0 aromatic heterocycles. The van der Waals surface area contributed by atoms with Crippen molar-refractivity contribution in [3.63, 3.8) is 0 Å². The Hall–Kier alpha value is -1.34. The monoisotopic (exact) mass is 430 g/mol. The Labute approximate surface area is 161 Å². The van der Waals surface area contributed by atoms with Crippen LogP contribution in [-0.2, 0) is 0 Å². The van der Waals surface area contributed by atoms with E-state index in [9.17, 15) is 18.0 Å². The highest BCUT2D eigenvalue weighted by atomic mass is 35.5. The van der Waals surface area contributed by atoms with Gasteiger partial charge in [0.1, 0.15) is 0 Å². The summed E-state index contributed by atoms with van der Waals surface area (Å²) in [5.74, 6) is -0.978. The molecule has 2 aromatic carbocycles. The summed E-state index contributed by atoms with van der Waals surface area (Å²) in [5, 5.41) is 4.50. The van der Waals surface area contributed by atoms with Gasteiger partial charge >= 0.3 is 6.18 Å². The summed E-state index contributed by atoms with van der Waals surface area (Å²) < 4.78 is 39.7. The number of hydrogen-bond acceptors (Lipinski definition) is 2. The number of carbonyl (C=O) groups is 1. The van der Waals surface area contributed by atoms with Gasteiger partial charge in [-0.15, -0.1) is 0 Å². The standard InChI is InChI=1S/C15H9Cl4F3N2O/c16-9-3-1-7(5-11(9)18)13(25)24-14(15(20,21)22)23-8-2-4-10(17)12(19)6-8/h1-6,14,23H,(H,24,25). The molecule has 1 atom stereocenters. The number of rotatable bonds is 4. The molecule has 3 nitrogen and oxygen atoms in total. The predicted molar refractivity (Wildman–Crippen MR) is 93.9 cm³/mol. The SMILES string of the molecule is O=C(NC(Nc1ccc(Cl)c(Cl)c1)C(F)(F)F)c1ccc(Cl)c(Cl)c1. The Bertz CT molecular complexity index is 799. The number of hydrogen-bond donors (Lipinski definition) is 2. The maximum absolute atomic E-state index is 13.2. The van der Waals surface area contributed by atoms with Gasteiger partial charge in [0.15, 0.2) is 6.17 Å². The minimum Gasteiger partial charge on any atom is -0.358 e. The highest BCUT2D eigenvalue weighted by Crippen LogP contribution is 2.28. The second kappa shape index (κ2) is 7.91. The van der Waals surface area contributed by atoms with E-state index in [1.54, 1.807) is 0 Å². The molecule has 0 saturated carbocycles. The van der Waals surface area contributed by atoms with Crippen molar-refractivity contribution in [1.29, 1.82) is 0 Å². The molecule has 25 heavy (non-hydrogen) atoms. The van der Waals surface area contributed by atoms with Crippen LogP contribution in [0.25, 0.3) is 0 Å². The van der Waals surface area contributed by atoms with Gasteiger partial charge in [-0.05, 0) is 36.4 Å². The van der Waals surface area contributed by atoms with Crippen LogP contribution in [-0.4, -0.2) is 18.2 Å². The van der Waals surface area contributed by atoms with Crippen molar-refractivity contribution in [3.05, 3.63) is 62.1 Å². The molecule has 0 heterocycles. The van der Waals surface area contributed by atoms with E-state index in [-0.39, 0.29) is 31.3 Å². The molecule has 10 heteroatoms. The Morgan fingerprint density at radius 3 is 1.96 bits per heavy atom. The summed E-state index contributed by atoms with van der Waals surface area (Å²) in [4.78, 5) is 12.1. The maximum Gasteiger partial charge on any atom is 0.427 e. The normalized spacial score (nSPS) is 12.6. The first-order chi connectivity index (χ1) is 11.6. The lowest BCUT2D eigenvalue weighted by molar-refractivity contribution is -0.146. The highest BCUT2D eigenvalue weighted by Gasteiger charge is 2.41. The van der Waals surface area contributed by atoms with Crippen LogP contribution in [0.4, 0.5) is 18.9 Å². The number of alkyl halides is 3. The van der Waals surface area contributed by atoms with Crippen LogP contribution in [0.3, 0.4) is 0 Å². The Balaban J connectivity index is 2.21. The van der Waals surface area contributed by atoms with Crippen molar-refractivity contribution < 1.29 is 18.0 Å². The number of anilines is 1. The molecule has 1 unspecified atom stereocenters. The molecule has 0 bridgehead atoms. The topological polar surface area (TPSA) is 41.1 Å². The van der Waals surface area contributed by atoms with Gasteiger partial charge in [-0.3, -0.25) is 4.79 Å². The number of nitrogens with one attached hydrogen (secondary N) is 2. The number of amides is 1. The van der Waals surface area contributed by atoms with E-state index in [0.717, 1.165) is 0 Å². The van der Waals surface area contributed by atoms with Crippen LogP contribution in [0.15, 0.2) is 36.4 Å². The van der Waals surface area contributed by atoms with Crippen LogP contribution in [0.1, 0.15) is 10.4 Å².